The SMILES string of the molecule is CC(C)N(CC1CC1)c1ncc(Cl)cc1F. The van der Waals surface area contributed by atoms with Crippen molar-refractivity contribution >= 4 is 17.4 Å². The molecular formula is C12H16ClFN2. The van der Waals surface area contributed by atoms with E-state index < -0.39 is 0 Å². The second-order valence-electron chi connectivity index (χ2n) is 4.65. The molecule has 0 saturated heterocycles. The van der Waals surface area contributed by atoms with Crippen LogP contribution in [-0.2, 0) is 0 Å². The third kappa shape index (κ3) is 2.64. The van der Waals surface area contributed by atoms with Crippen LogP contribution in [0.5, 0.6) is 0 Å². The lowest BCUT2D eigenvalue weighted by molar-refractivity contribution is 0.578. The molecule has 4 heteroatoms. The van der Waals surface area contributed by atoms with Gasteiger partial charge in [0.15, 0.2) is 11.6 Å². The average Bonchev–Trinajstić information content (AvgIpc) is 2.98. The van der Waals surface area contributed by atoms with E-state index in [0.29, 0.717) is 16.8 Å². The monoisotopic (exact) mass is 242 g/mol. The fraction of sp³-hybridized carbons (Fsp3) is 0.583. The lowest BCUT2D eigenvalue weighted by Gasteiger charge is -2.28. The summed E-state index contributed by atoms with van der Waals surface area (Å²) in [6, 6.07) is 1.58. The molecule has 1 aliphatic rings. The highest BCUT2D eigenvalue weighted by molar-refractivity contribution is 6.30. The maximum absolute atomic E-state index is 13.7. The molecule has 1 aromatic rings. The first-order chi connectivity index (χ1) is 7.58. The molecule has 0 atom stereocenters. The van der Waals surface area contributed by atoms with Crippen molar-refractivity contribution in [3.05, 3.63) is 23.1 Å². The van der Waals surface area contributed by atoms with Gasteiger partial charge < -0.3 is 4.90 Å². The van der Waals surface area contributed by atoms with Gasteiger partial charge in [0, 0.05) is 18.8 Å². The summed E-state index contributed by atoms with van der Waals surface area (Å²) < 4.78 is 13.7. The van der Waals surface area contributed by atoms with E-state index in [1.165, 1.54) is 25.1 Å². The molecule has 88 valence electrons. The van der Waals surface area contributed by atoms with Gasteiger partial charge in [-0.05, 0) is 38.7 Å². The van der Waals surface area contributed by atoms with Gasteiger partial charge in [0.1, 0.15) is 0 Å². The van der Waals surface area contributed by atoms with Crippen LogP contribution in [0.25, 0.3) is 0 Å². The molecule has 0 unspecified atom stereocenters. The van der Waals surface area contributed by atoms with Gasteiger partial charge in [0.25, 0.3) is 0 Å². The van der Waals surface area contributed by atoms with Crippen molar-refractivity contribution in [3.8, 4) is 0 Å². The molecule has 0 radical (unpaired) electrons. The topological polar surface area (TPSA) is 16.1 Å². The zero-order chi connectivity index (χ0) is 11.7. The van der Waals surface area contributed by atoms with Gasteiger partial charge in [-0.3, -0.25) is 0 Å². The number of nitrogens with zero attached hydrogens (tertiary/aromatic N) is 2. The molecule has 0 N–H and O–H groups in total. The third-order valence-corrected chi connectivity index (χ3v) is 3.04. The molecule has 1 aliphatic carbocycles. The number of anilines is 1. The van der Waals surface area contributed by atoms with Crippen LogP contribution in [0, 0.1) is 11.7 Å². The molecule has 16 heavy (non-hydrogen) atoms. The van der Waals surface area contributed by atoms with Gasteiger partial charge in [0.2, 0.25) is 0 Å². The highest BCUT2D eigenvalue weighted by Crippen LogP contribution is 2.32. The molecule has 2 nitrogen and oxygen atoms in total. The fourth-order valence-electron chi connectivity index (χ4n) is 1.74. The van der Waals surface area contributed by atoms with Gasteiger partial charge in [-0.25, -0.2) is 9.37 Å². The van der Waals surface area contributed by atoms with Gasteiger partial charge in [-0.2, -0.15) is 0 Å². The minimum Gasteiger partial charge on any atom is -0.351 e. The molecule has 1 saturated carbocycles. The highest BCUT2D eigenvalue weighted by Gasteiger charge is 2.27. The first kappa shape index (κ1) is 11.6. The Morgan fingerprint density at radius 1 is 1.56 bits per heavy atom. The molecule has 0 bridgehead atoms. The Balaban J connectivity index is 2.22. The van der Waals surface area contributed by atoms with Crippen molar-refractivity contribution in [2.45, 2.75) is 32.7 Å². The fourth-order valence-corrected chi connectivity index (χ4v) is 1.88. The Hall–Kier alpha value is -0.830. The van der Waals surface area contributed by atoms with Crippen molar-refractivity contribution < 1.29 is 4.39 Å². The van der Waals surface area contributed by atoms with E-state index in [1.54, 1.807) is 0 Å². The van der Waals surface area contributed by atoms with Crippen molar-refractivity contribution in [3.63, 3.8) is 0 Å². The first-order valence-corrected chi connectivity index (χ1v) is 6.03. The second-order valence-corrected chi connectivity index (χ2v) is 5.08. The van der Waals surface area contributed by atoms with Crippen LogP contribution in [0.4, 0.5) is 10.2 Å². The summed E-state index contributed by atoms with van der Waals surface area (Å²) in [4.78, 5) is 6.12. The number of hydrogen-bond acceptors (Lipinski definition) is 2. The summed E-state index contributed by atoms with van der Waals surface area (Å²) in [7, 11) is 0. The van der Waals surface area contributed by atoms with Crippen molar-refractivity contribution in [2.75, 3.05) is 11.4 Å². The van der Waals surface area contributed by atoms with Crippen molar-refractivity contribution in [2.24, 2.45) is 5.92 Å². The predicted octanol–water partition coefficient (Wildman–Crippen LogP) is 3.50. The maximum Gasteiger partial charge on any atom is 0.167 e. The third-order valence-electron chi connectivity index (χ3n) is 2.84. The van der Waals surface area contributed by atoms with Crippen LogP contribution in [0.2, 0.25) is 5.02 Å². The molecule has 1 fully saturated rings. The van der Waals surface area contributed by atoms with E-state index in [-0.39, 0.29) is 11.9 Å². The zero-order valence-corrected chi connectivity index (χ0v) is 10.3. The van der Waals surface area contributed by atoms with Crippen LogP contribution in [0.15, 0.2) is 12.3 Å². The lowest BCUT2D eigenvalue weighted by Crippen LogP contribution is -2.34. The Kier molecular flexibility index (Phi) is 3.33. The normalized spacial score (nSPS) is 15.6. The Bertz CT molecular complexity index is 377. The van der Waals surface area contributed by atoms with Gasteiger partial charge >= 0.3 is 0 Å². The summed E-state index contributed by atoms with van der Waals surface area (Å²) in [5, 5.41) is 0.344. The van der Waals surface area contributed by atoms with Gasteiger partial charge in [0.05, 0.1) is 5.02 Å². The largest absolute Gasteiger partial charge is 0.351 e. The number of aromatic nitrogens is 1. The first-order valence-electron chi connectivity index (χ1n) is 5.65. The summed E-state index contributed by atoms with van der Waals surface area (Å²) in [6.07, 6.45) is 4.00. The molecule has 0 aliphatic heterocycles. The molecule has 0 amide bonds. The average molecular weight is 243 g/mol. The lowest BCUT2D eigenvalue weighted by atomic mass is 10.2. The van der Waals surface area contributed by atoms with Crippen LogP contribution >= 0.6 is 11.6 Å². The summed E-state index contributed by atoms with van der Waals surface area (Å²) in [6.45, 7) is 5.00. The predicted molar refractivity (Wildman–Crippen MR) is 64.4 cm³/mol. The Morgan fingerprint density at radius 2 is 2.25 bits per heavy atom. The van der Waals surface area contributed by atoms with E-state index in [0.717, 1.165) is 6.54 Å². The minimum absolute atomic E-state index is 0.253. The Labute approximate surface area is 100 Å². The molecule has 0 aromatic carbocycles. The standard InChI is InChI=1S/C12H16ClFN2/c1-8(2)16(7-9-3-4-9)12-11(14)5-10(13)6-15-12/h5-6,8-9H,3-4,7H2,1-2H3. The number of rotatable bonds is 4. The van der Waals surface area contributed by atoms with E-state index in [4.69, 9.17) is 11.6 Å². The van der Waals surface area contributed by atoms with E-state index in [9.17, 15) is 4.39 Å². The number of halogens is 2. The minimum atomic E-state index is -0.332. The molecule has 0 spiro atoms. The Morgan fingerprint density at radius 3 is 2.75 bits per heavy atom. The van der Waals surface area contributed by atoms with Gasteiger partial charge in [-0.15, -0.1) is 0 Å². The number of pyridine rings is 1. The zero-order valence-electron chi connectivity index (χ0n) is 9.58. The molecule has 1 aromatic heterocycles. The van der Waals surface area contributed by atoms with Gasteiger partial charge in [-0.1, -0.05) is 11.6 Å². The van der Waals surface area contributed by atoms with Crippen molar-refractivity contribution in [1.82, 2.24) is 4.98 Å². The quantitative estimate of drug-likeness (QED) is 0.804. The van der Waals surface area contributed by atoms with Crippen LogP contribution in [0.3, 0.4) is 0 Å². The highest BCUT2D eigenvalue weighted by atomic mass is 35.5. The summed E-state index contributed by atoms with van der Waals surface area (Å²) in [5.74, 6) is 0.799. The van der Waals surface area contributed by atoms with E-state index in [2.05, 4.69) is 18.8 Å². The van der Waals surface area contributed by atoms with E-state index in [1.807, 2.05) is 4.90 Å². The van der Waals surface area contributed by atoms with E-state index >= 15 is 0 Å². The second kappa shape index (κ2) is 4.58. The number of hydrogen-bond donors (Lipinski definition) is 0. The summed E-state index contributed by atoms with van der Waals surface area (Å²) >= 11 is 5.70. The molecule has 1 heterocycles. The molecule has 2 rings (SSSR count). The van der Waals surface area contributed by atoms with Crippen LogP contribution in [0.1, 0.15) is 26.7 Å². The van der Waals surface area contributed by atoms with Crippen LogP contribution in [-0.4, -0.2) is 17.6 Å². The summed E-state index contributed by atoms with van der Waals surface area (Å²) in [5.41, 5.74) is 0. The molecular weight excluding hydrogens is 227 g/mol. The smallest absolute Gasteiger partial charge is 0.167 e. The van der Waals surface area contributed by atoms with Crippen LogP contribution < -0.4 is 4.90 Å². The van der Waals surface area contributed by atoms with Crippen molar-refractivity contribution in [1.29, 1.82) is 0 Å². The maximum atomic E-state index is 13.7.